The molecule has 0 aliphatic carbocycles. The molecule has 2 aliphatic rings. The predicted molar refractivity (Wildman–Crippen MR) is 71.5 cm³/mol. The monoisotopic (exact) mass is 259 g/mol. The Morgan fingerprint density at radius 2 is 2.05 bits per heavy atom. The number of nitrogens with one attached hydrogen (secondary N) is 1. The minimum atomic E-state index is -1.05. The van der Waals surface area contributed by atoms with Crippen molar-refractivity contribution in [2.75, 3.05) is 13.1 Å². The molecule has 0 amide bonds. The van der Waals surface area contributed by atoms with Crippen LogP contribution in [0.4, 0.5) is 0 Å². The van der Waals surface area contributed by atoms with Gasteiger partial charge in [-0.3, -0.25) is 15.7 Å². The molecule has 0 aromatic carbocycles. The van der Waals surface area contributed by atoms with Gasteiger partial charge in [0.25, 0.3) is 0 Å². The average molecular weight is 259 g/mol. The molecule has 1 saturated heterocycles. The molecule has 100 valence electrons. The Kier molecular flexibility index (Phi) is 2.83. The zero-order valence-electron chi connectivity index (χ0n) is 10.6. The molecule has 5 N–H and O–H groups in total. The Hall–Kier alpha value is -2.15. The molecule has 2 aliphatic heterocycles. The first-order valence-corrected chi connectivity index (χ1v) is 6.33. The maximum atomic E-state index is 6.32. The minimum Gasteiger partial charge on any atom is -0.370 e. The normalized spacial score (nSPS) is 26.7. The quantitative estimate of drug-likeness (QED) is 0.657. The molecule has 7 heteroatoms. The molecular weight excluding hydrogens is 242 g/mol. The number of aromatic nitrogens is 2. The summed E-state index contributed by atoms with van der Waals surface area (Å²) in [4.78, 5) is 14.7. The third-order valence-corrected chi connectivity index (χ3v) is 3.34. The Labute approximate surface area is 111 Å². The van der Waals surface area contributed by atoms with Gasteiger partial charge in [-0.15, -0.1) is 0 Å². The van der Waals surface area contributed by atoms with E-state index in [1.54, 1.807) is 18.6 Å². The van der Waals surface area contributed by atoms with Crippen molar-refractivity contribution in [1.82, 2.24) is 20.2 Å². The molecule has 1 fully saturated rings. The lowest BCUT2D eigenvalue weighted by Gasteiger charge is -2.31. The summed E-state index contributed by atoms with van der Waals surface area (Å²) in [6, 6.07) is 0. The van der Waals surface area contributed by atoms with Crippen LogP contribution in [0.25, 0.3) is 0 Å². The van der Waals surface area contributed by atoms with Crippen LogP contribution in [0.1, 0.15) is 18.5 Å². The molecule has 1 aromatic heterocycles. The number of likely N-dealkylation sites (tertiary alicyclic amines) is 1. The van der Waals surface area contributed by atoms with Gasteiger partial charge in [-0.1, -0.05) is 0 Å². The van der Waals surface area contributed by atoms with Gasteiger partial charge in [-0.25, -0.2) is 4.99 Å². The highest BCUT2D eigenvalue weighted by Gasteiger charge is 2.32. The molecule has 0 saturated carbocycles. The summed E-state index contributed by atoms with van der Waals surface area (Å²) >= 11 is 0. The molecule has 1 aromatic rings. The second kappa shape index (κ2) is 4.51. The van der Waals surface area contributed by atoms with E-state index < -0.39 is 5.66 Å². The molecule has 1 atom stereocenters. The summed E-state index contributed by atoms with van der Waals surface area (Å²) in [7, 11) is 0. The van der Waals surface area contributed by atoms with E-state index in [9.17, 15) is 0 Å². The number of guanidine groups is 1. The number of hydrogen-bond acceptors (Lipinski definition) is 7. The molecule has 0 radical (unpaired) electrons. The fourth-order valence-corrected chi connectivity index (χ4v) is 2.40. The highest BCUT2D eigenvalue weighted by Crippen LogP contribution is 2.25. The van der Waals surface area contributed by atoms with E-state index in [4.69, 9.17) is 11.5 Å². The van der Waals surface area contributed by atoms with Crippen molar-refractivity contribution < 1.29 is 0 Å². The van der Waals surface area contributed by atoms with Crippen LogP contribution in [0.5, 0.6) is 0 Å². The van der Waals surface area contributed by atoms with Crippen LogP contribution >= 0.6 is 0 Å². The number of rotatable bonds is 2. The van der Waals surface area contributed by atoms with E-state index in [1.165, 1.54) is 12.8 Å². The van der Waals surface area contributed by atoms with Gasteiger partial charge in [0.15, 0.2) is 11.6 Å². The lowest BCUT2D eigenvalue weighted by atomic mass is 10.1. The van der Waals surface area contributed by atoms with Crippen LogP contribution in [-0.2, 0) is 5.66 Å². The third-order valence-electron chi connectivity index (χ3n) is 3.34. The maximum Gasteiger partial charge on any atom is 0.196 e. The first kappa shape index (κ1) is 11.9. The van der Waals surface area contributed by atoms with Gasteiger partial charge in [0.05, 0.1) is 6.20 Å². The Morgan fingerprint density at radius 1 is 1.26 bits per heavy atom. The van der Waals surface area contributed by atoms with Crippen LogP contribution in [-0.4, -0.2) is 33.9 Å². The van der Waals surface area contributed by atoms with E-state index in [1.807, 2.05) is 6.08 Å². The van der Waals surface area contributed by atoms with Crippen molar-refractivity contribution in [3.8, 4) is 0 Å². The number of hydrogen-bond donors (Lipinski definition) is 3. The van der Waals surface area contributed by atoms with E-state index in [0.29, 0.717) is 11.7 Å². The van der Waals surface area contributed by atoms with Gasteiger partial charge < -0.3 is 16.0 Å². The summed E-state index contributed by atoms with van der Waals surface area (Å²) in [5, 5.41) is 3.07. The first-order chi connectivity index (χ1) is 9.17. The van der Waals surface area contributed by atoms with Crippen molar-refractivity contribution in [1.29, 1.82) is 0 Å². The van der Waals surface area contributed by atoms with Gasteiger partial charge in [-0.05, 0) is 12.8 Å². The molecule has 19 heavy (non-hydrogen) atoms. The summed E-state index contributed by atoms with van der Waals surface area (Å²) in [5.74, 6) is 1.20. The fraction of sp³-hybridized carbons (Fsp3) is 0.417. The molecule has 0 bridgehead atoms. The standard InChI is InChI=1S/C12H17N7/c13-11-17-10(19-5-1-2-6-19)7-12(14,18-11)9-8-15-3-4-16-9/h3-4,7-8H,1-2,5-6,14H2,(H3,13,17,18). The van der Waals surface area contributed by atoms with Gasteiger partial charge in [0, 0.05) is 31.6 Å². The lowest BCUT2D eigenvalue weighted by Crippen LogP contribution is -2.48. The highest BCUT2D eigenvalue weighted by atomic mass is 15.3. The van der Waals surface area contributed by atoms with E-state index in [-0.39, 0.29) is 0 Å². The van der Waals surface area contributed by atoms with Crippen LogP contribution in [0, 0.1) is 0 Å². The molecule has 3 rings (SSSR count). The Balaban J connectivity index is 1.97. The third kappa shape index (κ3) is 2.24. The smallest absolute Gasteiger partial charge is 0.196 e. The zero-order chi connectivity index (χ0) is 13.3. The largest absolute Gasteiger partial charge is 0.370 e. The molecule has 1 unspecified atom stereocenters. The second-order valence-corrected chi connectivity index (χ2v) is 4.76. The molecule has 7 nitrogen and oxygen atoms in total. The van der Waals surface area contributed by atoms with E-state index in [2.05, 4.69) is 25.2 Å². The van der Waals surface area contributed by atoms with Gasteiger partial charge in [0.1, 0.15) is 11.5 Å². The summed E-state index contributed by atoms with van der Waals surface area (Å²) in [6.07, 6.45) is 9.03. The number of nitrogens with two attached hydrogens (primary N) is 2. The second-order valence-electron chi connectivity index (χ2n) is 4.76. The number of nitrogens with zero attached hydrogens (tertiary/aromatic N) is 4. The summed E-state index contributed by atoms with van der Waals surface area (Å²) in [6.45, 7) is 2.01. The van der Waals surface area contributed by atoms with Crippen LogP contribution in [0.3, 0.4) is 0 Å². The fourth-order valence-electron chi connectivity index (χ4n) is 2.40. The van der Waals surface area contributed by atoms with Crippen LogP contribution in [0.2, 0.25) is 0 Å². The molecule has 3 heterocycles. The summed E-state index contributed by atoms with van der Waals surface area (Å²) in [5.41, 5.74) is 11.7. The van der Waals surface area contributed by atoms with Crippen LogP contribution < -0.4 is 16.8 Å². The lowest BCUT2D eigenvalue weighted by molar-refractivity contribution is 0.388. The van der Waals surface area contributed by atoms with Crippen LogP contribution in [0.15, 0.2) is 35.5 Å². The SMILES string of the molecule is NC1=NC(N)(c2cnccn2)C=C(N2CCCC2)N1. The van der Waals surface area contributed by atoms with E-state index in [0.717, 1.165) is 18.9 Å². The molecule has 0 spiro atoms. The van der Waals surface area contributed by atoms with Gasteiger partial charge in [-0.2, -0.15) is 0 Å². The van der Waals surface area contributed by atoms with Gasteiger partial charge >= 0.3 is 0 Å². The number of aliphatic imine (C=N–C) groups is 1. The average Bonchev–Trinajstić information content (AvgIpc) is 2.93. The van der Waals surface area contributed by atoms with Gasteiger partial charge in [0.2, 0.25) is 0 Å². The van der Waals surface area contributed by atoms with Crippen molar-refractivity contribution in [3.63, 3.8) is 0 Å². The Morgan fingerprint density at radius 3 is 2.74 bits per heavy atom. The zero-order valence-corrected chi connectivity index (χ0v) is 10.6. The van der Waals surface area contributed by atoms with Crippen molar-refractivity contribution in [3.05, 3.63) is 36.2 Å². The Bertz CT molecular complexity index is 518. The van der Waals surface area contributed by atoms with Crippen molar-refractivity contribution >= 4 is 5.96 Å². The predicted octanol–water partition coefficient (Wildman–Crippen LogP) is -0.557. The maximum absolute atomic E-state index is 6.32. The summed E-state index contributed by atoms with van der Waals surface area (Å²) < 4.78 is 0. The van der Waals surface area contributed by atoms with E-state index >= 15 is 0 Å². The minimum absolute atomic E-state index is 0.303. The molecular formula is C12H17N7. The topological polar surface area (TPSA) is 105 Å². The van der Waals surface area contributed by atoms with Crippen molar-refractivity contribution in [2.45, 2.75) is 18.5 Å². The first-order valence-electron chi connectivity index (χ1n) is 6.33. The highest BCUT2D eigenvalue weighted by molar-refractivity contribution is 5.81. The van der Waals surface area contributed by atoms with Crippen molar-refractivity contribution in [2.24, 2.45) is 16.5 Å².